The molecule has 3 unspecified atom stereocenters. The van der Waals surface area contributed by atoms with E-state index in [2.05, 4.69) is 4.99 Å². The topological polar surface area (TPSA) is 94.6 Å². The fraction of sp³-hybridized carbons (Fsp3) is 0.318. The average Bonchev–Trinajstić information content (AvgIpc) is 3.36. The van der Waals surface area contributed by atoms with Crippen molar-refractivity contribution in [2.24, 2.45) is 16.8 Å². The Kier molecular flexibility index (Phi) is 4.67. The lowest BCUT2D eigenvalue weighted by Gasteiger charge is -2.24. The Morgan fingerprint density at radius 3 is 2.90 bits per heavy atom. The van der Waals surface area contributed by atoms with Crippen LogP contribution in [-0.2, 0) is 0 Å². The summed E-state index contributed by atoms with van der Waals surface area (Å²) in [5.74, 6) is -1.73. The van der Waals surface area contributed by atoms with Crippen LogP contribution in [0.25, 0.3) is 15.7 Å². The van der Waals surface area contributed by atoms with Crippen molar-refractivity contribution in [3.05, 3.63) is 57.0 Å². The second-order valence-electron chi connectivity index (χ2n) is 7.97. The minimum Gasteiger partial charge on any atom is -0.477 e. The Balaban J connectivity index is 1.81. The van der Waals surface area contributed by atoms with Crippen molar-refractivity contribution in [3.8, 4) is 0 Å². The number of carboxylic acid groups (broad SMARTS) is 1. The minimum absolute atomic E-state index is 0.00256. The molecule has 5 rings (SSSR count). The highest BCUT2D eigenvalue weighted by Crippen LogP contribution is 2.39. The molecular weight excluding hydrogens is 421 g/mol. The Bertz CT molecular complexity index is 1340. The fourth-order valence-electron chi connectivity index (χ4n) is 4.96. The molecule has 0 spiro atoms. The van der Waals surface area contributed by atoms with Crippen LogP contribution in [0, 0.1) is 17.7 Å². The first-order valence-electron chi connectivity index (χ1n) is 9.95. The minimum atomic E-state index is -1.34. The highest BCUT2D eigenvalue weighted by Gasteiger charge is 2.39. The van der Waals surface area contributed by atoms with Gasteiger partial charge in [-0.1, -0.05) is 12.2 Å². The molecule has 2 aromatic heterocycles. The van der Waals surface area contributed by atoms with Gasteiger partial charge in [-0.05, 0) is 18.4 Å². The zero-order valence-electron chi connectivity index (χ0n) is 16.7. The second kappa shape index (κ2) is 7.28. The van der Waals surface area contributed by atoms with E-state index in [1.807, 2.05) is 11.0 Å². The van der Waals surface area contributed by atoms with Gasteiger partial charge in [0.1, 0.15) is 16.2 Å². The van der Waals surface area contributed by atoms with Crippen LogP contribution in [0.1, 0.15) is 22.3 Å². The molecule has 0 saturated carbocycles. The molecule has 1 fully saturated rings. The number of aliphatic hydroxyl groups excluding tert-OH is 1. The third kappa shape index (κ3) is 2.91. The number of aliphatic imine (C=N–C) groups is 1. The summed E-state index contributed by atoms with van der Waals surface area (Å²) in [4.78, 5) is 31.1. The Morgan fingerprint density at radius 2 is 2.19 bits per heavy atom. The van der Waals surface area contributed by atoms with Crippen molar-refractivity contribution < 1.29 is 19.4 Å². The molecule has 0 amide bonds. The zero-order valence-corrected chi connectivity index (χ0v) is 17.5. The SMILES string of the molecule is CN=Cc1c(N2CC3CC=CC(O)C3C2)c(F)cc2c(=O)c(C(=O)O)c3sccn3c12. The first kappa shape index (κ1) is 19.9. The van der Waals surface area contributed by atoms with Crippen molar-refractivity contribution in [2.45, 2.75) is 12.5 Å². The number of hydrogen-bond acceptors (Lipinski definition) is 6. The summed E-state index contributed by atoms with van der Waals surface area (Å²) >= 11 is 1.15. The van der Waals surface area contributed by atoms with Gasteiger partial charge >= 0.3 is 5.97 Å². The predicted molar refractivity (Wildman–Crippen MR) is 118 cm³/mol. The van der Waals surface area contributed by atoms with Crippen molar-refractivity contribution in [1.29, 1.82) is 0 Å². The lowest BCUT2D eigenvalue weighted by molar-refractivity contribution is 0.0697. The molecular formula is C22H20FN3O4S. The monoisotopic (exact) mass is 441 g/mol. The number of thiazole rings is 1. The summed E-state index contributed by atoms with van der Waals surface area (Å²) in [7, 11) is 1.57. The Labute approximate surface area is 180 Å². The Hall–Kier alpha value is -3.04. The summed E-state index contributed by atoms with van der Waals surface area (Å²) in [5, 5.41) is 21.6. The van der Waals surface area contributed by atoms with Crippen LogP contribution in [0.2, 0.25) is 0 Å². The van der Waals surface area contributed by atoms with E-state index in [0.29, 0.717) is 34.7 Å². The smallest absolute Gasteiger partial charge is 0.342 e. The third-order valence-corrected chi connectivity index (χ3v) is 7.17. The molecule has 1 saturated heterocycles. The van der Waals surface area contributed by atoms with Gasteiger partial charge in [0.05, 0.1) is 22.7 Å². The van der Waals surface area contributed by atoms with Gasteiger partial charge in [-0.3, -0.25) is 9.79 Å². The summed E-state index contributed by atoms with van der Waals surface area (Å²) in [6.07, 6.45) is 7.20. The number of nitrogens with zero attached hydrogens (tertiary/aromatic N) is 3. The molecule has 2 aliphatic rings. The van der Waals surface area contributed by atoms with Gasteiger partial charge in [0.15, 0.2) is 0 Å². The van der Waals surface area contributed by atoms with Crippen molar-refractivity contribution in [1.82, 2.24) is 4.40 Å². The quantitative estimate of drug-likeness (QED) is 0.482. The lowest BCUT2D eigenvalue weighted by Crippen LogP contribution is -2.29. The number of hydrogen-bond donors (Lipinski definition) is 2. The number of fused-ring (bicyclic) bond motifs is 4. The molecule has 9 heteroatoms. The van der Waals surface area contributed by atoms with Crippen LogP contribution in [0.3, 0.4) is 0 Å². The molecule has 3 aromatic rings. The van der Waals surface area contributed by atoms with Crippen LogP contribution in [0.5, 0.6) is 0 Å². The zero-order chi connectivity index (χ0) is 21.9. The predicted octanol–water partition coefficient (Wildman–Crippen LogP) is 2.77. The van der Waals surface area contributed by atoms with Gasteiger partial charge in [0.2, 0.25) is 5.43 Å². The fourth-order valence-corrected chi connectivity index (χ4v) is 5.84. The molecule has 7 nitrogen and oxygen atoms in total. The van der Waals surface area contributed by atoms with Gasteiger partial charge in [-0.2, -0.15) is 0 Å². The first-order valence-corrected chi connectivity index (χ1v) is 10.8. The van der Waals surface area contributed by atoms with E-state index < -0.39 is 23.3 Å². The number of allylic oxidation sites excluding steroid dienone is 1. The average molecular weight is 441 g/mol. The number of anilines is 1. The number of carbonyl (C=O) groups is 1. The maximum atomic E-state index is 15.5. The van der Waals surface area contributed by atoms with Crippen LogP contribution in [-0.4, -0.2) is 53.0 Å². The number of rotatable bonds is 3. The van der Waals surface area contributed by atoms with E-state index in [1.54, 1.807) is 29.1 Å². The second-order valence-corrected chi connectivity index (χ2v) is 8.87. The number of aromatic carboxylic acids is 1. The summed E-state index contributed by atoms with van der Waals surface area (Å²) in [5.41, 5.74) is 0.108. The van der Waals surface area contributed by atoms with Crippen molar-refractivity contribution >= 4 is 44.9 Å². The molecule has 31 heavy (non-hydrogen) atoms. The largest absolute Gasteiger partial charge is 0.477 e. The van der Waals surface area contributed by atoms with Gasteiger partial charge in [-0.15, -0.1) is 11.3 Å². The van der Waals surface area contributed by atoms with Gasteiger partial charge in [-0.25, -0.2) is 9.18 Å². The lowest BCUT2D eigenvalue weighted by atomic mass is 9.84. The molecule has 3 heterocycles. The van der Waals surface area contributed by atoms with Crippen molar-refractivity contribution in [2.75, 3.05) is 25.0 Å². The maximum Gasteiger partial charge on any atom is 0.342 e. The molecule has 3 atom stereocenters. The van der Waals surface area contributed by atoms with E-state index in [0.717, 1.165) is 23.8 Å². The summed E-state index contributed by atoms with van der Waals surface area (Å²) in [6, 6.07) is 1.13. The van der Waals surface area contributed by atoms with Crippen LogP contribution in [0.4, 0.5) is 10.1 Å². The molecule has 2 N–H and O–H groups in total. The molecule has 0 radical (unpaired) electrons. The molecule has 160 valence electrons. The molecule has 1 aliphatic heterocycles. The van der Waals surface area contributed by atoms with Gasteiger partial charge in [0.25, 0.3) is 0 Å². The van der Waals surface area contributed by atoms with E-state index >= 15 is 4.39 Å². The number of benzene rings is 1. The van der Waals surface area contributed by atoms with Gasteiger partial charge in [0, 0.05) is 49.4 Å². The Morgan fingerprint density at radius 1 is 1.39 bits per heavy atom. The molecule has 1 aromatic carbocycles. The van der Waals surface area contributed by atoms with E-state index in [-0.39, 0.29) is 22.8 Å². The van der Waals surface area contributed by atoms with E-state index in [9.17, 15) is 19.8 Å². The summed E-state index contributed by atoms with van der Waals surface area (Å²) < 4.78 is 17.1. The molecule has 1 aliphatic carbocycles. The molecule has 0 bridgehead atoms. The number of aliphatic hydroxyl groups is 1. The highest BCUT2D eigenvalue weighted by atomic mass is 32.1. The number of carboxylic acids is 1. The van der Waals surface area contributed by atoms with E-state index in [4.69, 9.17) is 0 Å². The maximum absolute atomic E-state index is 15.5. The standard InChI is InChI=1S/C22H20FN3O4S/c1-24-8-13-18-12(20(28)17(22(29)30)21-26(18)5-6-31-21)7-15(23)19(13)25-9-11-3-2-4-16(27)14(11)10-25/h2,4-8,11,14,16,27H,3,9-10H2,1H3,(H,29,30). The normalized spacial score (nSPS) is 23.3. The number of pyridine rings is 1. The summed E-state index contributed by atoms with van der Waals surface area (Å²) in [6.45, 7) is 1.06. The highest BCUT2D eigenvalue weighted by molar-refractivity contribution is 7.16. The third-order valence-electron chi connectivity index (χ3n) is 6.29. The first-order chi connectivity index (χ1) is 14.9. The van der Waals surface area contributed by atoms with E-state index in [1.165, 1.54) is 6.21 Å². The van der Waals surface area contributed by atoms with Crippen LogP contribution < -0.4 is 10.3 Å². The van der Waals surface area contributed by atoms with Crippen LogP contribution in [0.15, 0.2) is 39.6 Å². The number of halogens is 1. The number of aromatic nitrogens is 1. The van der Waals surface area contributed by atoms with Crippen molar-refractivity contribution in [3.63, 3.8) is 0 Å². The van der Waals surface area contributed by atoms with Gasteiger partial charge < -0.3 is 19.5 Å². The van der Waals surface area contributed by atoms with Crippen LogP contribution >= 0.6 is 11.3 Å².